The monoisotopic (exact) mass is 758 g/mol. The zero-order valence-corrected chi connectivity index (χ0v) is 31.2. The zero-order chi connectivity index (χ0) is 36.7. The van der Waals surface area contributed by atoms with Gasteiger partial charge in [0.25, 0.3) is 0 Å². The van der Waals surface area contributed by atoms with Gasteiger partial charge in [-0.25, -0.2) is 4.39 Å². The minimum atomic E-state index is -0.721. The van der Waals surface area contributed by atoms with Crippen LogP contribution in [0.4, 0.5) is 4.39 Å². The van der Waals surface area contributed by atoms with Gasteiger partial charge in [-0.2, -0.15) is 5.26 Å². The van der Waals surface area contributed by atoms with Crippen molar-refractivity contribution in [1.82, 2.24) is 15.2 Å². The van der Waals surface area contributed by atoms with Crippen LogP contribution in [-0.2, 0) is 19.6 Å². The number of likely N-dealkylation sites (tertiary alicyclic amines) is 1. The van der Waals surface area contributed by atoms with Gasteiger partial charge in [0, 0.05) is 67.4 Å². The van der Waals surface area contributed by atoms with Crippen LogP contribution >= 0.6 is 23.2 Å². The Bertz CT molecular complexity index is 1940. The number of aromatic nitrogens is 1. The molecule has 4 aromatic rings. The molecule has 278 valence electrons. The third kappa shape index (κ3) is 9.08. The molecular weight excluding hydrogens is 714 g/mol. The highest BCUT2D eigenvalue weighted by Crippen LogP contribution is 2.45. The molecule has 4 atom stereocenters. The largest absolute Gasteiger partial charge is 0.492 e. The van der Waals surface area contributed by atoms with E-state index in [4.69, 9.17) is 37.4 Å². The van der Waals surface area contributed by atoms with Gasteiger partial charge in [-0.05, 0) is 73.4 Å². The summed E-state index contributed by atoms with van der Waals surface area (Å²) in [5.41, 5.74) is 6.29. The molecule has 1 saturated heterocycles. The Labute approximate surface area is 320 Å². The van der Waals surface area contributed by atoms with Crippen LogP contribution < -0.4 is 19.5 Å². The van der Waals surface area contributed by atoms with Crippen LogP contribution in [0.5, 0.6) is 17.2 Å². The molecule has 0 unspecified atom stereocenters. The Kier molecular flexibility index (Phi) is 12.3. The van der Waals surface area contributed by atoms with Gasteiger partial charge in [0.2, 0.25) is 0 Å². The second-order valence-corrected chi connectivity index (χ2v) is 15.0. The molecule has 7 rings (SSSR count). The Hall–Kier alpha value is -3.91. The number of aliphatic hydroxyl groups excluding tert-OH is 1. The lowest BCUT2D eigenvalue weighted by Crippen LogP contribution is -2.41. The molecule has 53 heavy (non-hydrogen) atoms. The fraction of sp³-hybridized carbons (Fsp3) is 0.429. The van der Waals surface area contributed by atoms with Crippen LogP contribution in [0.15, 0.2) is 67.0 Å². The van der Waals surface area contributed by atoms with Crippen LogP contribution in [-0.4, -0.2) is 59.5 Å². The lowest BCUT2D eigenvalue weighted by molar-refractivity contribution is 0.0901. The number of rotatable bonds is 14. The molecule has 2 heterocycles. The van der Waals surface area contributed by atoms with Crippen molar-refractivity contribution in [2.24, 2.45) is 0 Å². The third-order valence-electron chi connectivity index (χ3n) is 10.5. The summed E-state index contributed by atoms with van der Waals surface area (Å²) in [6.45, 7) is 3.29. The van der Waals surface area contributed by atoms with Gasteiger partial charge in [-0.15, -0.1) is 0 Å². The molecule has 0 bridgehead atoms. The van der Waals surface area contributed by atoms with Crippen molar-refractivity contribution in [3.8, 4) is 34.4 Å². The molecule has 2 aliphatic carbocycles. The summed E-state index contributed by atoms with van der Waals surface area (Å²) in [5, 5.41) is 24.5. The van der Waals surface area contributed by atoms with E-state index in [1.54, 1.807) is 12.3 Å². The van der Waals surface area contributed by atoms with Crippen LogP contribution in [0.3, 0.4) is 0 Å². The van der Waals surface area contributed by atoms with E-state index < -0.39 is 6.17 Å². The number of nitrogens with zero attached hydrogens (tertiary/aromatic N) is 3. The highest BCUT2D eigenvalue weighted by molar-refractivity contribution is 6.35. The molecule has 8 nitrogen and oxygen atoms in total. The first-order valence-corrected chi connectivity index (χ1v) is 19.4. The van der Waals surface area contributed by atoms with Gasteiger partial charge >= 0.3 is 0 Å². The summed E-state index contributed by atoms with van der Waals surface area (Å²) in [4.78, 5) is 6.32. The smallest absolute Gasteiger partial charge is 0.142 e. The van der Waals surface area contributed by atoms with Crippen LogP contribution in [0.1, 0.15) is 78.9 Å². The van der Waals surface area contributed by atoms with Crippen molar-refractivity contribution in [1.29, 1.82) is 5.26 Å². The quantitative estimate of drug-likeness (QED) is 0.123. The van der Waals surface area contributed by atoms with Crippen molar-refractivity contribution in [2.45, 2.75) is 88.9 Å². The second kappa shape index (κ2) is 17.5. The van der Waals surface area contributed by atoms with Gasteiger partial charge in [0.05, 0.1) is 28.3 Å². The van der Waals surface area contributed by atoms with Gasteiger partial charge in [0.15, 0.2) is 0 Å². The number of halogens is 3. The van der Waals surface area contributed by atoms with E-state index in [1.807, 2.05) is 36.4 Å². The number of benzene rings is 3. The molecule has 1 saturated carbocycles. The summed E-state index contributed by atoms with van der Waals surface area (Å²) in [6.07, 6.45) is 8.64. The molecule has 2 fully saturated rings. The SMILES string of the molecule is N#Cc1cncc(COc2cc(O[C@H]3CCc4c(-c5cccc(OCCCN6CC[C@@H](F)C6)c5Cl)cccc43)c(Cl)cc2CN[C@@H]2CCCC[C@@H]2O)c1. The lowest BCUT2D eigenvalue weighted by Gasteiger charge is -2.29. The molecule has 0 amide bonds. The van der Waals surface area contributed by atoms with E-state index in [0.29, 0.717) is 59.0 Å². The third-order valence-corrected chi connectivity index (χ3v) is 11.2. The molecule has 2 N–H and O–H groups in total. The van der Waals surface area contributed by atoms with Gasteiger partial charge in [-0.3, -0.25) is 4.98 Å². The average Bonchev–Trinajstić information content (AvgIpc) is 3.79. The Balaban J connectivity index is 1.08. The van der Waals surface area contributed by atoms with E-state index in [0.717, 1.165) is 85.9 Å². The number of alkyl halides is 1. The maximum absolute atomic E-state index is 13.5. The normalized spacial score (nSPS) is 21.3. The number of nitrogens with one attached hydrogen (secondary N) is 1. The van der Waals surface area contributed by atoms with E-state index in [-0.39, 0.29) is 24.9 Å². The second-order valence-electron chi connectivity index (χ2n) is 14.2. The maximum Gasteiger partial charge on any atom is 0.142 e. The Morgan fingerprint density at radius 2 is 1.81 bits per heavy atom. The first-order chi connectivity index (χ1) is 25.9. The number of ether oxygens (including phenoxy) is 3. The lowest BCUT2D eigenvalue weighted by atomic mass is 9.92. The number of hydrogen-bond acceptors (Lipinski definition) is 8. The van der Waals surface area contributed by atoms with E-state index in [9.17, 15) is 14.8 Å². The molecular formula is C42H45Cl2FN4O4. The first-order valence-electron chi connectivity index (χ1n) is 18.6. The minimum Gasteiger partial charge on any atom is -0.492 e. The highest BCUT2D eigenvalue weighted by atomic mass is 35.5. The predicted molar refractivity (Wildman–Crippen MR) is 204 cm³/mol. The molecule has 0 spiro atoms. The van der Waals surface area contributed by atoms with Gasteiger partial charge < -0.3 is 29.5 Å². The fourth-order valence-corrected chi connectivity index (χ4v) is 8.26. The minimum absolute atomic E-state index is 0.000648. The number of aliphatic hydroxyl groups is 1. The first kappa shape index (κ1) is 37.4. The van der Waals surface area contributed by atoms with Crippen molar-refractivity contribution in [2.75, 3.05) is 26.2 Å². The summed E-state index contributed by atoms with van der Waals surface area (Å²) in [7, 11) is 0. The van der Waals surface area contributed by atoms with Crippen LogP contribution in [0.25, 0.3) is 11.1 Å². The molecule has 0 radical (unpaired) electrons. The highest BCUT2D eigenvalue weighted by Gasteiger charge is 2.29. The summed E-state index contributed by atoms with van der Waals surface area (Å²) >= 11 is 13.9. The molecule has 3 aromatic carbocycles. The van der Waals surface area contributed by atoms with Crippen molar-refractivity contribution < 1.29 is 23.7 Å². The molecule has 1 aromatic heterocycles. The number of pyridine rings is 1. The average molecular weight is 760 g/mol. The Morgan fingerprint density at radius 3 is 2.64 bits per heavy atom. The number of fused-ring (bicyclic) bond motifs is 1. The maximum atomic E-state index is 13.5. The number of nitriles is 1. The molecule has 1 aliphatic heterocycles. The summed E-state index contributed by atoms with van der Waals surface area (Å²) < 4.78 is 32.7. The van der Waals surface area contributed by atoms with Crippen LogP contribution in [0.2, 0.25) is 10.0 Å². The van der Waals surface area contributed by atoms with Crippen molar-refractivity contribution in [3.63, 3.8) is 0 Å². The summed E-state index contributed by atoms with van der Waals surface area (Å²) in [5.74, 6) is 1.76. The molecule has 3 aliphatic rings. The zero-order valence-electron chi connectivity index (χ0n) is 29.7. The van der Waals surface area contributed by atoms with Crippen LogP contribution in [0, 0.1) is 11.3 Å². The standard InChI is InChI=1S/C42H45Cl2FN4O4/c43-35-19-29(24-48-36-9-1-2-10-37(36)50)40(52-26-28-18-27(21-46)22-47-23-28)20-41(35)53-38-13-12-32-31(6-3-7-33(32)38)34-8-4-11-39(42(34)44)51-17-5-15-49-16-14-30(45)25-49/h3-4,6-8,11,18-20,22-23,30,36-38,48,50H,1-2,5,9-10,12-17,24-26H2/t30-,36-,37+,38+/m1/s1. The topological polar surface area (TPSA) is 99.9 Å². The number of hydrogen-bond donors (Lipinski definition) is 2. The van der Waals surface area contributed by atoms with E-state index in [2.05, 4.69) is 33.4 Å². The molecule has 11 heteroatoms. The fourth-order valence-electron chi connectivity index (χ4n) is 7.75. The van der Waals surface area contributed by atoms with Gasteiger partial charge in [0.1, 0.15) is 42.2 Å². The summed E-state index contributed by atoms with van der Waals surface area (Å²) in [6, 6.07) is 19.7. The van der Waals surface area contributed by atoms with Crippen molar-refractivity contribution >= 4 is 23.2 Å². The van der Waals surface area contributed by atoms with E-state index >= 15 is 0 Å². The Morgan fingerprint density at radius 1 is 0.962 bits per heavy atom. The predicted octanol–water partition coefficient (Wildman–Crippen LogP) is 8.78. The van der Waals surface area contributed by atoms with Crippen molar-refractivity contribution in [3.05, 3.63) is 105 Å². The van der Waals surface area contributed by atoms with Gasteiger partial charge in [-0.1, -0.05) is 66.4 Å². The van der Waals surface area contributed by atoms with E-state index in [1.165, 1.54) is 11.8 Å².